The summed E-state index contributed by atoms with van der Waals surface area (Å²) >= 11 is 3.98. The second-order valence-corrected chi connectivity index (χ2v) is 9.82. The van der Waals surface area contributed by atoms with Crippen molar-refractivity contribution in [3.8, 4) is 0 Å². The Labute approximate surface area is 136 Å². The summed E-state index contributed by atoms with van der Waals surface area (Å²) in [4.78, 5) is 4.64. The monoisotopic (exact) mass is 329 g/mol. The second-order valence-electron chi connectivity index (χ2n) is 6.83. The molecule has 0 saturated carbocycles. The molecule has 21 heavy (non-hydrogen) atoms. The van der Waals surface area contributed by atoms with E-state index in [2.05, 4.69) is 50.1 Å². The molecule has 1 aliphatic heterocycles. The van der Waals surface area contributed by atoms with Crippen molar-refractivity contribution in [2.24, 2.45) is 5.41 Å². The predicted octanol–water partition coefficient (Wildman–Crippen LogP) is 3.54. The van der Waals surface area contributed by atoms with E-state index in [9.17, 15) is 0 Å². The van der Waals surface area contributed by atoms with E-state index in [0.29, 0.717) is 21.8 Å². The van der Waals surface area contributed by atoms with Crippen molar-refractivity contribution in [3.05, 3.63) is 11.7 Å². The lowest BCUT2D eigenvalue weighted by molar-refractivity contribution is 0.255. The molecular weight excluding hydrogens is 302 g/mol. The summed E-state index contributed by atoms with van der Waals surface area (Å²) in [6, 6.07) is 0.332. The minimum absolute atomic E-state index is 0.169. The van der Waals surface area contributed by atoms with Gasteiger partial charge in [-0.3, -0.25) is 0 Å². The number of rotatable bonds is 4. The Balaban J connectivity index is 2.01. The number of nitrogens with zero attached hydrogens (tertiary/aromatic N) is 2. The average Bonchev–Trinajstić information content (AvgIpc) is 2.86. The van der Waals surface area contributed by atoms with Crippen molar-refractivity contribution in [2.45, 2.75) is 62.8 Å². The average molecular weight is 330 g/mol. The van der Waals surface area contributed by atoms with Gasteiger partial charge in [0, 0.05) is 28.7 Å². The van der Waals surface area contributed by atoms with Crippen LogP contribution in [0.4, 0.5) is 0 Å². The summed E-state index contributed by atoms with van der Waals surface area (Å²) in [7, 11) is 1.99. The van der Waals surface area contributed by atoms with Gasteiger partial charge in [-0.1, -0.05) is 39.8 Å². The molecule has 1 N–H and O–H groups in total. The van der Waals surface area contributed by atoms with Crippen LogP contribution in [0, 0.1) is 5.41 Å². The Bertz CT molecular complexity index is 458. The van der Waals surface area contributed by atoms with E-state index < -0.39 is 0 Å². The molecule has 6 heteroatoms. The zero-order valence-corrected chi connectivity index (χ0v) is 15.5. The van der Waals surface area contributed by atoms with E-state index in [1.54, 1.807) is 0 Å². The summed E-state index contributed by atoms with van der Waals surface area (Å²) in [5.74, 6) is 2.69. The van der Waals surface area contributed by atoms with E-state index in [1.807, 2.05) is 30.6 Å². The molecule has 0 amide bonds. The van der Waals surface area contributed by atoms with Gasteiger partial charge < -0.3 is 9.84 Å². The lowest BCUT2D eigenvalue weighted by Gasteiger charge is -2.29. The minimum atomic E-state index is 0.169. The van der Waals surface area contributed by atoms with E-state index in [0.717, 1.165) is 23.9 Å². The predicted molar refractivity (Wildman–Crippen MR) is 92.0 cm³/mol. The van der Waals surface area contributed by atoms with E-state index in [-0.39, 0.29) is 5.41 Å². The van der Waals surface area contributed by atoms with E-state index >= 15 is 0 Å². The molecular formula is C15H27N3OS2. The van der Waals surface area contributed by atoms with Crippen LogP contribution in [0.25, 0.3) is 0 Å². The van der Waals surface area contributed by atoms with Crippen LogP contribution in [-0.2, 0) is 6.42 Å². The SMILES string of the molecule is CNC(Cc1nc(C2CSC(C)C(C)S2)no1)C(C)(C)C. The maximum absolute atomic E-state index is 5.48. The maximum Gasteiger partial charge on any atom is 0.228 e. The summed E-state index contributed by atoms with van der Waals surface area (Å²) < 4.78 is 5.48. The molecule has 4 unspecified atom stereocenters. The molecule has 4 atom stereocenters. The summed E-state index contributed by atoms with van der Waals surface area (Å²) in [6.07, 6.45) is 0.781. The van der Waals surface area contributed by atoms with E-state index in [4.69, 9.17) is 4.52 Å². The van der Waals surface area contributed by atoms with Crippen LogP contribution in [0.2, 0.25) is 0 Å². The van der Waals surface area contributed by atoms with Gasteiger partial charge in [0.2, 0.25) is 5.89 Å². The van der Waals surface area contributed by atoms with Crippen LogP contribution in [-0.4, -0.2) is 39.5 Å². The van der Waals surface area contributed by atoms with Gasteiger partial charge in [0.15, 0.2) is 5.82 Å². The first-order valence-corrected chi connectivity index (χ1v) is 9.57. The Morgan fingerprint density at radius 2 is 2.05 bits per heavy atom. The Kier molecular flexibility index (Phi) is 5.65. The molecule has 1 aromatic rings. The number of hydrogen-bond donors (Lipinski definition) is 1. The van der Waals surface area contributed by atoms with Crippen molar-refractivity contribution in [1.82, 2.24) is 15.5 Å². The van der Waals surface area contributed by atoms with Gasteiger partial charge in [0.25, 0.3) is 0 Å². The molecule has 1 saturated heterocycles. The molecule has 2 rings (SSSR count). The number of likely N-dealkylation sites (N-methyl/N-ethyl adjacent to an activating group) is 1. The maximum atomic E-state index is 5.48. The Hall–Kier alpha value is -0.200. The third-order valence-corrected chi connectivity index (χ3v) is 7.48. The van der Waals surface area contributed by atoms with Gasteiger partial charge in [0.05, 0.1) is 5.25 Å². The van der Waals surface area contributed by atoms with Gasteiger partial charge >= 0.3 is 0 Å². The molecule has 1 fully saturated rings. The molecule has 4 nitrogen and oxygen atoms in total. The minimum Gasteiger partial charge on any atom is -0.339 e. The van der Waals surface area contributed by atoms with Gasteiger partial charge in [-0.15, -0.1) is 11.8 Å². The Morgan fingerprint density at radius 3 is 2.62 bits per heavy atom. The molecule has 1 aliphatic rings. The van der Waals surface area contributed by atoms with Gasteiger partial charge in [-0.05, 0) is 12.5 Å². The highest BCUT2D eigenvalue weighted by Gasteiger charge is 2.31. The van der Waals surface area contributed by atoms with Crippen molar-refractivity contribution >= 4 is 23.5 Å². The highest BCUT2D eigenvalue weighted by atomic mass is 32.2. The lowest BCUT2D eigenvalue weighted by atomic mass is 9.85. The second kappa shape index (κ2) is 6.92. The quantitative estimate of drug-likeness (QED) is 0.912. The van der Waals surface area contributed by atoms with Crippen molar-refractivity contribution in [1.29, 1.82) is 0 Å². The highest BCUT2D eigenvalue weighted by Crippen LogP contribution is 2.43. The van der Waals surface area contributed by atoms with Crippen LogP contribution in [0.15, 0.2) is 4.52 Å². The van der Waals surface area contributed by atoms with Crippen LogP contribution in [0.1, 0.15) is 51.6 Å². The number of nitrogens with one attached hydrogen (secondary N) is 1. The summed E-state index contributed by atoms with van der Waals surface area (Å²) in [5.41, 5.74) is 0.169. The molecule has 0 aliphatic carbocycles. The third-order valence-electron chi connectivity index (χ3n) is 4.09. The first-order chi connectivity index (χ1) is 9.81. The van der Waals surface area contributed by atoms with Crippen LogP contribution in [0.5, 0.6) is 0 Å². The highest BCUT2D eigenvalue weighted by molar-refractivity contribution is 8.07. The number of hydrogen-bond acceptors (Lipinski definition) is 6. The topological polar surface area (TPSA) is 51.0 Å². The molecule has 0 bridgehead atoms. The van der Waals surface area contributed by atoms with Crippen molar-refractivity contribution < 1.29 is 4.52 Å². The summed E-state index contributed by atoms with van der Waals surface area (Å²) in [5, 5.41) is 9.27. The van der Waals surface area contributed by atoms with Gasteiger partial charge in [-0.25, -0.2) is 0 Å². The standard InChI is InChI=1S/C15H27N3OS2/c1-9-10(2)21-11(8-20-9)14-17-13(19-18-14)7-12(16-6)15(3,4)5/h9-12,16H,7-8H2,1-6H3. The van der Waals surface area contributed by atoms with Crippen LogP contribution < -0.4 is 5.32 Å². The first kappa shape index (κ1) is 17.2. The van der Waals surface area contributed by atoms with Gasteiger partial charge in [-0.2, -0.15) is 16.7 Å². The number of thioether (sulfide) groups is 2. The normalized spacial score (nSPS) is 28.6. The van der Waals surface area contributed by atoms with Crippen LogP contribution >= 0.6 is 23.5 Å². The summed E-state index contributed by atoms with van der Waals surface area (Å²) in [6.45, 7) is 11.2. The van der Waals surface area contributed by atoms with Gasteiger partial charge in [0.1, 0.15) is 0 Å². The Morgan fingerprint density at radius 1 is 1.33 bits per heavy atom. The molecule has 120 valence electrons. The first-order valence-electron chi connectivity index (χ1n) is 7.58. The smallest absolute Gasteiger partial charge is 0.228 e. The zero-order chi connectivity index (χ0) is 15.6. The zero-order valence-electron chi connectivity index (χ0n) is 13.8. The van der Waals surface area contributed by atoms with Crippen molar-refractivity contribution in [3.63, 3.8) is 0 Å². The molecule has 1 aromatic heterocycles. The number of aromatic nitrogens is 2. The fourth-order valence-corrected chi connectivity index (χ4v) is 5.25. The molecule has 0 spiro atoms. The fraction of sp³-hybridized carbons (Fsp3) is 0.867. The fourth-order valence-electron chi connectivity index (χ4n) is 2.42. The molecule has 2 heterocycles. The molecule has 0 aromatic carbocycles. The largest absolute Gasteiger partial charge is 0.339 e. The lowest BCUT2D eigenvalue weighted by Crippen LogP contribution is -2.39. The molecule has 0 radical (unpaired) electrons. The van der Waals surface area contributed by atoms with Crippen LogP contribution in [0.3, 0.4) is 0 Å². The van der Waals surface area contributed by atoms with Crippen molar-refractivity contribution in [2.75, 3.05) is 12.8 Å². The third kappa shape index (κ3) is 4.39. The van der Waals surface area contributed by atoms with E-state index in [1.165, 1.54) is 0 Å².